The zero-order valence-electron chi connectivity index (χ0n) is 10.1. The van der Waals surface area contributed by atoms with Crippen LogP contribution in [-0.4, -0.2) is 14.1 Å². The molecule has 0 amide bonds. The van der Waals surface area contributed by atoms with Crippen LogP contribution in [0.2, 0.25) is 0 Å². The van der Waals surface area contributed by atoms with Crippen LogP contribution < -0.4 is 4.90 Å². The van der Waals surface area contributed by atoms with Crippen LogP contribution in [0.5, 0.6) is 0 Å². The predicted molar refractivity (Wildman–Crippen MR) is 75.8 cm³/mol. The van der Waals surface area contributed by atoms with Gasteiger partial charge in [-0.1, -0.05) is 42.5 Å². The highest BCUT2D eigenvalue weighted by molar-refractivity contribution is 6.08. The van der Waals surface area contributed by atoms with E-state index in [0.29, 0.717) is 0 Å². The summed E-state index contributed by atoms with van der Waals surface area (Å²) in [6, 6.07) is 19.6. The Morgan fingerprint density at radius 1 is 0.706 bits per heavy atom. The summed E-state index contributed by atoms with van der Waals surface area (Å²) in [5.41, 5.74) is 1.24. The predicted octanol–water partition coefficient (Wildman–Crippen LogP) is 4.06. The number of hydrogen-bond acceptors (Lipinski definition) is 1. The Bertz CT molecular complexity index is 683. The van der Waals surface area contributed by atoms with Crippen LogP contribution >= 0.6 is 0 Å². The van der Waals surface area contributed by atoms with Gasteiger partial charge in [0.15, 0.2) is 0 Å². The van der Waals surface area contributed by atoms with Crippen molar-refractivity contribution in [1.82, 2.24) is 0 Å². The van der Waals surface area contributed by atoms with Crippen molar-refractivity contribution in [2.75, 3.05) is 19.0 Å². The lowest BCUT2D eigenvalue weighted by atomic mass is 10.0. The minimum absolute atomic E-state index is 1.24. The van der Waals surface area contributed by atoms with E-state index in [1.165, 1.54) is 27.2 Å². The molecular formula is C16H15N. The van der Waals surface area contributed by atoms with Crippen molar-refractivity contribution in [3.05, 3.63) is 54.6 Å². The fourth-order valence-electron chi connectivity index (χ4n) is 2.28. The lowest BCUT2D eigenvalue weighted by Crippen LogP contribution is -2.07. The molecule has 0 radical (unpaired) electrons. The molecule has 1 heteroatoms. The summed E-state index contributed by atoms with van der Waals surface area (Å²) in [5.74, 6) is 0. The van der Waals surface area contributed by atoms with Crippen molar-refractivity contribution in [3.63, 3.8) is 0 Å². The van der Waals surface area contributed by atoms with Gasteiger partial charge in [0.05, 0.1) is 0 Å². The van der Waals surface area contributed by atoms with Crippen LogP contribution in [0.25, 0.3) is 21.5 Å². The maximum atomic E-state index is 2.24. The molecule has 0 heterocycles. The second-order valence-electron chi connectivity index (χ2n) is 4.59. The topological polar surface area (TPSA) is 3.24 Å². The van der Waals surface area contributed by atoms with Gasteiger partial charge in [0.1, 0.15) is 0 Å². The number of benzene rings is 3. The van der Waals surface area contributed by atoms with Crippen molar-refractivity contribution >= 4 is 27.2 Å². The zero-order valence-corrected chi connectivity index (χ0v) is 10.1. The molecule has 0 unspecified atom stereocenters. The number of hydrogen-bond donors (Lipinski definition) is 0. The molecule has 3 aromatic carbocycles. The van der Waals surface area contributed by atoms with Gasteiger partial charge >= 0.3 is 0 Å². The summed E-state index contributed by atoms with van der Waals surface area (Å²) in [6.45, 7) is 0. The monoisotopic (exact) mass is 221 g/mol. The van der Waals surface area contributed by atoms with E-state index in [0.717, 1.165) is 0 Å². The summed E-state index contributed by atoms with van der Waals surface area (Å²) in [6.07, 6.45) is 0. The molecule has 0 aliphatic rings. The first-order valence-corrected chi connectivity index (χ1v) is 5.84. The molecule has 0 aromatic heterocycles. The molecule has 3 aromatic rings. The minimum atomic E-state index is 1.24. The fourth-order valence-corrected chi connectivity index (χ4v) is 2.28. The van der Waals surface area contributed by atoms with E-state index in [1.54, 1.807) is 0 Å². The van der Waals surface area contributed by atoms with E-state index < -0.39 is 0 Å². The van der Waals surface area contributed by atoms with E-state index in [1.807, 2.05) is 0 Å². The summed E-state index contributed by atoms with van der Waals surface area (Å²) in [4.78, 5) is 2.13. The van der Waals surface area contributed by atoms with Crippen LogP contribution in [-0.2, 0) is 0 Å². The van der Waals surface area contributed by atoms with Crippen LogP contribution in [0.15, 0.2) is 54.6 Å². The SMILES string of the molecule is CN(C)c1ccc2c(ccc3ccccc32)c1. The third-order valence-corrected chi connectivity index (χ3v) is 3.24. The molecule has 1 nitrogen and oxygen atoms in total. The smallest absolute Gasteiger partial charge is 0.0367 e. The average Bonchev–Trinajstić information content (AvgIpc) is 2.38. The van der Waals surface area contributed by atoms with E-state index in [9.17, 15) is 0 Å². The summed E-state index contributed by atoms with van der Waals surface area (Å²) < 4.78 is 0. The highest BCUT2D eigenvalue weighted by Crippen LogP contribution is 2.27. The molecule has 0 N–H and O–H groups in total. The third kappa shape index (κ3) is 1.64. The highest BCUT2D eigenvalue weighted by Gasteiger charge is 2.01. The maximum Gasteiger partial charge on any atom is 0.0367 e. The van der Waals surface area contributed by atoms with Gasteiger partial charge in [0, 0.05) is 19.8 Å². The van der Waals surface area contributed by atoms with Crippen molar-refractivity contribution in [2.45, 2.75) is 0 Å². The molecule has 0 spiro atoms. The Kier molecular flexibility index (Phi) is 2.25. The minimum Gasteiger partial charge on any atom is -0.378 e. The Morgan fingerprint density at radius 3 is 2.24 bits per heavy atom. The van der Waals surface area contributed by atoms with Gasteiger partial charge in [0.2, 0.25) is 0 Å². The molecule has 0 bridgehead atoms. The van der Waals surface area contributed by atoms with Crippen LogP contribution in [0.1, 0.15) is 0 Å². The molecule has 0 fully saturated rings. The summed E-state index contributed by atoms with van der Waals surface area (Å²) in [7, 11) is 4.14. The molecule has 17 heavy (non-hydrogen) atoms. The van der Waals surface area contributed by atoms with Crippen LogP contribution in [0.3, 0.4) is 0 Å². The normalized spacial score (nSPS) is 10.9. The molecule has 0 atom stereocenters. The Labute approximate surface area is 101 Å². The maximum absolute atomic E-state index is 2.24. The van der Waals surface area contributed by atoms with E-state index in [2.05, 4.69) is 73.6 Å². The quantitative estimate of drug-likeness (QED) is 0.560. The van der Waals surface area contributed by atoms with Gasteiger partial charge in [-0.25, -0.2) is 0 Å². The second kappa shape index (κ2) is 3.77. The van der Waals surface area contributed by atoms with Gasteiger partial charge in [-0.2, -0.15) is 0 Å². The Balaban J connectivity index is 2.37. The first-order chi connectivity index (χ1) is 8.25. The third-order valence-electron chi connectivity index (χ3n) is 3.24. The fraction of sp³-hybridized carbons (Fsp3) is 0.125. The number of anilines is 1. The molecule has 0 saturated heterocycles. The van der Waals surface area contributed by atoms with Crippen molar-refractivity contribution < 1.29 is 0 Å². The van der Waals surface area contributed by atoms with Crippen molar-refractivity contribution in [3.8, 4) is 0 Å². The lowest BCUT2D eigenvalue weighted by molar-refractivity contribution is 1.14. The first-order valence-electron chi connectivity index (χ1n) is 5.84. The van der Waals surface area contributed by atoms with Crippen LogP contribution in [0.4, 0.5) is 5.69 Å². The number of fused-ring (bicyclic) bond motifs is 3. The van der Waals surface area contributed by atoms with Gasteiger partial charge in [-0.05, 0) is 33.7 Å². The van der Waals surface area contributed by atoms with Gasteiger partial charge in [-0.3, -0.25) is 0 Å². The van der Waals surface area contributed by atoms with Crippen molar-refractivity contribution in [2.24, 2.45) is 0 Å². The second-order valence-corrected chi connectivity index (χ2v) is 4.59. The molecule has 0 saturated carbocycles. The molecule has 84 valence electrons. The molecule has 0 aliphatic carbocycles. The van der Waals surface area contributed by atoms with Crippen molar-refractivity contribution in [1.29, 1.82) is 0 Å². The number of rotatable bonds is 1. The molecule has 0 aliphatic heterocycles. The average molecular weight is 221 g/mol. The lowest BCUT2D eigenvalue weighted by Gasteiger charge is -2.13. The van der Waals surface area contributed by atoms with Gasteiger partial charge in [-0.15, -0.1) is 0 Å². The summed E-state index contributed by atoms with van der Waals surface area (Å²) >= 11 is 0. The molecular weight excluding hydrogens is 206 g/mol. The van der Waals surface area contributed by atoms with E-state index >= 15 is 0 Å². The first kappa shape index (κ1) is 10.2. The summed E-state index contributed by atoms with van der Waals surface area (Å²) in [5, 5.41) is 5.26. The standard InChI is InChI=1S/C16H15N/c1-17(2)14-9-10-16-13(11-14)8-7-12-5-3-4-6-15(12)16/h3-11H,1-2H3. The largest absolute Gasteiger partial charge is 0.378 e. The Morgan fingerprint density at radius 2 is 1.41 bits per heavy atom. The molecule has 3 rings (SSSR count). The van der Waals surface area contributed by atoms with Gasteiger partial charge < -0.3 is 4.90 Å². The highest BCUT2D eigenvalue weighted by atomic mass is 15.1. The number of nitrogens with zero attached hydrogens (tertiary/aromatic N) is 1. The van der Waals surface area contributed by atoms with Crippen LogP contribution in [0, 0.1) is 0 Å². The van der Waals surface area contributed by atoms with E-state index in [4.69, 9.17) is 0 Å². The van der Waals surface area contributed by atoms with Gasteiger partial charge in [0.25, 0.3) is 0 Å². The Hall–Kier alpha value is -2.02. The zero-order chi connectivity index (χ0) is 11.8. The van der Waals surface area contributed by atoms with E-state index in [-0.39, 0.29) is 0 Å².